The second-order valence-electron chi connectivity index (χ2n) is 4.54. The van der Waals surface area contributed by atoms with Crippen LogP contribution in [0.5, 0.6) is 0 Å². The van der Waals surface area contributed by atoms with Crippen molar-refractivity contribution in [1.29, 1.82) is 0 Å². The molecule has 1 saturated carbocycles. The Kier molecular flexibility index (Phi) is 4.23. The molecule has 1 heterocycles. The molecule has 0 bridgehead atoms. The molecule has 18 heavy (non-hydrogen) atoms. The molecule has 100 valence electrons. The summed E-state index contributed by atoms with van der Waals surface area (Å²) in [7, 11) is 0. The maximum Gasteiger partial charge on any atom is 0.323 e. The molecule has 6 nitrogen and oxygen atoms in total. The lowest BCUT2D eigenvalue weighted by molar-refractivity contribution is -0.146. The van der Waals surface area contributed by atoms with Gasteiger partial charge in [0.15, 0.2) is 5.16 Å². The number of carboxylic acid groups (broad SMARTS) is 1. The lowest BCUT2D eigenvalue weighted by Crippen LogP contribution is -2.55. The zero-order valence-electron chi connectivity index (χ0n) is 10.3. The van der Waals surface area contributed by atoms with E-state index >= 15 is 0 Å². The summed E-state index contributed by atoms with van der Waals surface area (Å²) >= 11 is 1.58. The monoisotopic (exact) mass is 270 g/mol. The SMILES string of the molecule is CCNC1(C(=O)O)CCCC(Sc2ncn[nH]2)C1. The van der Waals surface area contributed by atoms with E-state index in [0.29, 0.717) is 19.4 Å². The van der Waals surface area contributed by atoms with Gasteiger partial charge < -0.3 is 10.4 Å². The summed E-state index contributed by atoms with van der Waals surface area (Å²) < 4.78 is 0. The van der Waals surface area contributed by atoms with Gasteiger partial charge in [-0.2, -0.15) is 5.10 Å². The van der Waals surface area contributed by atoms with Gasteiger partial charge in [-0.3, -0.25) is 9.89 Å². The zero-order valence-corrected chi connectivity index (χ0v) is 11.2. The largest absolute Gasteiger partial charge is 0.480 e. The van der Waals surface area contributed by atoms with Gasteiger partial charge in [0.2, 0.25) is 0 Å². The maximum absolute atomic E-state index is 11.5. The first-order valence-corrected chi connectivity index (χ1v) is 7.05. The fourth-order valence-corrected chi connectivity index (χ4v) is 3.68. The van der Waals surface area contributed by atoms with Crippen molar-refractivity contribution in [2.24, 2.45) is 0 Å². The lowest BCUT2D eigenvalue weighted by atomic mass is 9.81. The molecule has 1 fully saturated rings. The molecule has 0 amide bonds. The minimum absolute atomic E-state index is 0.266. The van der Waals surface area contributed by atoms with Gasteiger partial charge in [-0.1, -0.05) is 18.7 Å². The number of aliphatic carboxylic acids is 1. The van der Waals surface area contributed by atoms with Crippen LogP contribution in [-0.2, 0) is 4.79 Å². The van der Waals surface area contributed by atoms with Crippen LogP contribution in [0.3, 0.4) is 0 Å². The third kappa shape index (κ3) is 2.84. The number of carbonyl (C=O) groups is 1. The molecule has 1 aliphatic rings. The van der Waals surface area contributed by atoms with Crippen LogP contribution in [0, 0.1) is 0 Å². The summed E-state index contributed by atoms with van der Waals surface area (Å²) in [6.07, 6.45) is 4.74. The molecule has 0 aliphatic heterocycles. The lowest BCUT2D eigenvalue weighted by Gasteiger charge is -2.37. The van der Waals surface area contributed by atoms with E-state index < -0.39 is 11.5 Å². The zero-order chi connectivity index (χ0) is 13.0. The smallest absolute Gasteiger partial charge is 0.323 e. The van der Waals surface area contributed by atoms with Crippen LogP contribution in [-0.4, -0.2) is 43.6 Å². The number of aromatic amines is 1. The van der Waals surface area contributed by atoms with Crippen molar-refractivity contribution in [3.05, 3.63) is 6.33 Å². The average molecular weight is 270 g/mol. The Balaban J connectivity index is 2.04. The number of hydrogen-bond donors (Lipinski definition) is 3. The van der Waals surface area contributed by atoms with Crippen molar-refractivity contribution >= 4 is 17.7 Å². The normalized spacial score (nSPS) is 28.2. The number of aromatic nitrogens is 3. The number of nitrogens with zero attached hydrogens (tertiary/aromatic N) is 2. The summed E-state index contributed by atoms with van der Waals surface area (Å²) in [4.78, 5) is 15.6. The summed E-state index contributed by atoms with van der Waals surface area (Å²) in [6.45, 7) is 2.61. The number of rotatable bonds is 5. The standard InChI is InChI=1S/C11H18N4O2S/c1-2-13-11(9(16)17)5-3-4-8(6-11)18-10-12-7-14-15-10/h7-8,13H,2-6H2,1H3,(H,16,17)(H,12,14,15). The molecular formula is C11H18N4O2S. The van der Waals surface area contributed by atoms with Crippen molar-refractivity contribution in [2.75, 3.05) is 6.54 Å². The van der Waals surface area contributed by atoms with E-state index in [0.717, 1.165) is 18.0 Å². The van der Waals surface area contributed by atoms with Crippen LogP contribution in [0.1, 0.15) is 32.6 Å². The highest BCUT2D eigenvalue weighted by Crippen LogP contribution is 2.37. The number of carboxylic acids is 1. The first kappa shape index (κ1) is 13.4. The van der Waals surface area contributed by atoms with Gasteiger partial charge in [0.25, 0.3) is 0 Å². The van der Waals surface area contributed by atoms with Gasteiger partial charge in [0.1, 0.15) is 11.9 Å². The number of thioether (sulfide) groups is 1. The minimum Gasteiger partial charge on any atom is -0.480 e. The number of hydrogen-bond acceptors (Lipinski definition) is 5. The first-order valence-electron chi connectivity index (χ1n) is 6.17. The van der Waals surface area contributed by atoms with Gasteiger partial charge in [-0.05, 0) is 32.2 Å². The molecule has 0 aromatic carbocycles. The fraction of sp³-hybridized carbons (Fsp3) is 0.727. The summed E-state index contributed by atoms with van der Waals surface area (Å²) in [5.41, 5.74) is -0.773. The third-order valence-electron chi connectivity index (χ3n) is 3.30. The molecular weight excluding hydrogens is 252 g/mol. The van der Waals surface area contributed by atoms with Gasteiger partial charge in [0.05, 0.1) is 0 Å². The third-order valence-corrected chi connectivity index (χ3v) is 4.46. The molecule has 0 saturated heterocycles. The minimum atomic E-state index is -0.773. The van der Waals surface area contributed by atoms with E-state index in [4.69, 9.17) is 0 Å². The van der Waals surface area contributed by atoms with E-state index in [-0.39, 0.29) is 5.25 Å². The van der Waals surface area contributed by atoms with Gasteiger partial charge in [0, 0.05) is 5.25 Å². The van der Waals surface area contributed by atoms with E-state index in [9.17, 15) is 9.90 Å². The fourth-order valence-electron chi connectivity index (χ4n) is 2.50. The van der Waals surface area contributed by atoms with Crippen molar-refractivity contribution < 1.29 is 9.90 Å². The molecule has 2 unspecified atom stereocenters. The van der Waals surface area contributed by atoms with Gasteiger partial charge in [-0.15, -0.1) is 0 Å². The highest BCUT2D eigenvalue weighted by Gasteiger charge is 2.42. The number of nitrogens with one attached hydrogen (secondary N) is 2. The molecule has 1 aliphatic carbocycles. The summed E-state index contributed by atoms with van der Waals surface area (Å²) in [5.74, 6) is -0.743. The Hall–Kier alpha value is -1.08. The second kappa shape index (κ2) is 5.71. The summed E-state index contributed by atoms with van der Waals surface area (Å²) in [6, 6.07) is 0. The van der Waals surface area contributed by atoms with E-state index in [1.54, 1.807) is 11.8 Å². The molecule has 2 rings (SSSR count). The molecule has 0 spiro atoms. The predicted molar refractivity (Wildman–Crippen MR) is 68.5 cm³/mol. The van der Waals surface area contributed by atoms with Crippen LogP contribution < -0.4 is 5.32 Å². The Morgan fingerprint density at radius 3 is 3.22 bits per heavy atom. The quantitative estimate of drug-likeness (QED) is 0.746. The van der Waals surface area contributed by atoms with Crippen molar-refractivity contribution in [2.45, 2.75) is 48.6 Å². The Bertz CT molecular complexity index is 394. The van der Waals surface area contributed by atoms with Crippen molar-refractivity contribution in [1.82, 2.24) is 20.5 Å². The highest BCUT2D eigenvalue weighted by molar-refractivity contribution is 7.99. The van der Waals surface area contributed by atoms with E-state index in [1.807, 2.05) is 6.92 Å². The molecule has 1 aromatic rings. The maximum atomic E-state index is 11.5. The van der Waals surface area contributed by atoms with Crippen molar-refractivity contribution in [3.63, 3.8) is 0 Å². The van der Waals surface area contributed by atoms with E-state index in [1.165, 1.54) is 6.33 Å². The van der Waals surface area contributed by atoms with Crippen molar-refractivity contribution in [3.8, 4) is 0 Å². The van der Waals surface area contributed by atoms with Crippen LogP contribution in [0.15, 0.2) is 11.5 Å². The average Bonchev–Trinajstić information content (AvgIpc) is 2.82. The topological polar surface area (TPSA) is 90.9 Å². The summed E-state index contributed by atoms with van der Waals surface area (Å²) in [5, 5.41) is 20.2. The van der Waals surface area contributed by atoms with Crippen LogP contribution in [0.25, 0.3) is 0 Å². The van der Waals surface area contributed by atoms with Crippen LogP contribution in [0.2, 0.25) is 0 Å². The Morgan fingerprint density at radius 1 is 1.78 bits per heavy atom. The number of likely N-dealkylation sites (N-methyl/N-ethyl adjacent to an activating group) is 1. The Morgan fingerprint density at radius 2 is 2.61 bits per heavy atom. The van der Waals surface area contributed by atoms with E-state index in [2.05, 4.69) is 20.5 Å². The predicted octanol–water partition coefficient (Wildman–Crippen LogP) is 1.27. The molecule has 7 heteroatoms. The van der Waals surface area contributed by atoms with Gasteiger partial charge in [-0.25, -0.2) is 4.98 Å². The molecule has 0 radical (unpaired) electrons. The van der Waals surface area contributed by atoms with Gasteiger partial charge >= 0.3 is 5.97 Å². The van der Waals surface area contributed by atoms with Crippen LogP contribution >= 0.6 is 11.8 Å². The molecule has 1 aromatic heterocycles. The number of H-pyrrole nitrogens is 1. The Labute approximate surface area is 110 Å². The molecule has 2 atom stereocenters. The second-order valence-corrected chi connectivity index (χ2v) is 5.83. The van der Waals surface area contributed by atoms with Crippen LogP contribution in [0.4, 0.5) is 0 Å². The highest BCUT2D eigenvalue weighted by atomic mass is 32.2. The molecule has 3 N–H and O–H groups in total. The first-order chi connectivity index (χ1) is 8.66.